The van der Waals surface area contributed by atoms with Crippen LogP contribution in [-0.4, -0.2) is 27.4 Å². The van der Waals surface area contributed by atoms with E-state index in [1.54, 1.807) is 7.05 Å². The summed E-state index contributed by atoms with van der Waals surface area (Å²) in [6, 6.07) is 0. The third-order valence-electron chi connectivity index (χ3n) is 3.05. The lowest BCUT2D eigenvalue weighted by atomic mass is 10.5. The standard InChI is InChI=1S/C13H13F3N6S2.HI/c1-17-11(18-4-8-6-22-2-3-23-12(22)20-8)19-5-10-21-9(7-24-10)13(14,15)16;/h2-3,6-7H,4-5H2,1H3,(H2,17,18,19);1H. The highest BCUT2D eigenvalue weighted by Crippen LogP contribution is 2.29. The van der Waals surface area contributed by atoms with Gasteiger partial charge in [0.1, 0.15) is 5.01 Å². The molecule has 3 rings (SSSR count). The van der Waals surface area contributed by atoms with Gasteiger partial charge >= 0.3 is 6.18 Å². The van der Waals surface area contributed by atoms with E-state index in [-0.39, 0.29) is 30.5 Å². The zero-order valence-corrected chi connectivity index (χ0v) is 16.8. The summed E-state index contributed by atoms with van der Waals surface area (Å²) in [5.41, 5.74) is -0.0243. The van der Waals surface area contributed by atoms with Gasteiger partial charge in [-0.15, -0.1) is 46.7 Å². The average molecular weight is 502 g/mol. The fourth-order valence-electron chi connectivity index (χ4n) is 1.94. The number of hydrogen-bond donors (Lipinski definition) is 2. The van der Waals surface area contributed by atoms with Crippen LogP contribution in [0.4, 0.5) is 13.2 Å². The Labute approximate surface area is 166 Å². The van der Waals surface area contributed by atoms with E-state index in [1.165, 1.54) is 11.3 Å². The summed E-state index contributed by atoms with van der Waals surface area (Å²) in [7, 11) is 1.59. The highest BCUT2D eigenvalue weighted by molar-refractivity contribution is 14.0. The molecule has 0 radical (unpaired) electrons. The van der Waals surface area contributed by atoms with Crippen LogP contribution < -0.4 is 10.6 Å². The highest BCUT2D eigenvalue weighted by Gasteiger charge is 2.33. The SMILES string of the molecule is CN=C(NCc1cn2ccsc2n1)NCc1nc(C(F)(F)F)cs1.I. The molecule has 0 bridgehead atoms. The van der Waals surface area contributed by atoms with Crippen molar-refractivity contribution in [2.45, 2.75) is 19.3 Å². The molecule has 0 aliphatic heterocycles. The van der Waals surface area contributed by atoms with Crippen molar-refractivity contribution >= 4 is 57.6 Å². The van der Waals surface area contributed by atoms with Gasteiger partial charge < -0.3 is 10.6 Å². The van der Waals surface area contributed by atoms with Crippen molar-refractivity contribution in [1.82, 2.24) is 25.0 Å². The Morgan fingerprint density at radius 1 is 1.24 bits per heavy atom. The van der Waals surface area contributed by atoms with Gasteiger partial charge in [-0.1, -0.05) is 0 Å². The van der Waals surface area contributed by atoms with Crippen molar-refractivity contribution in [3.8, 4) is 0 Å². The summed E-state index contributed by atoms with van der Waals surface area (Å²) in [6.07, 6.45) is -0.588. The van der Waals surface area contributed by atoms with Crippen LogP contribution in [0.25, 0.3) is 4.96 Å². The third-order valence-corrected chi connectivity index (χ3v) is 4.67. The van der Waals surface area contributed by atoms with Gasteiger partial charge in [-0.25, -0.2) is 9.97 Å². The lowest BCUT2D eigenvalue weighted by Gasteiger charge is -2.09. The van der Waals surface area contributed by atoms with Crippen LogP contribution in [0.3, 0.4) is 0 Å². The van der Waals surface area contributed by atoms with Crippen molar-refractivity contribution in [2.24, 2.45) is 4.99 Å². The average Bonchev–Trinajstić information content (AvgIpc) is 3.21. The maximum atomic E-state index is 12.5. The molecule has 0 aromatic carbocycles. The van der Waals surface area contributed by atoms with Crippen LogP contribution in [0.2, 0.25) is 0 Å². The zero-order chi connectivity index (χ0) is 17.2. The van der Waals surface area contributed by atoms with Crippen molar-refractivity contribution in [3.05, 3.63) is 39.5 Å². The quantitative estimate of drug-likeness (QED) is 0.327. The van der Waals surface area contributed by atoms with Gasteiger partial charge in [-0.05, 0) is 0 Å². The molecule has 3 aromatic heterocycles. The van der Waals surface area contributed by atoms with Crippen LogP contribution >= 0.6 is 46.7 Å². The maximum absolute atomic E-state index is 12.5. The number of aromatic nitrogens is 3. The molecule has 25 heavy (non-hydrogen) atoms. The number of rotatable bonds is 4. The number of nitrogens with zero attached hydrogens (tertiary/aromatic N) is 4. The first-order chi connectivity index (χ1) is 11.5. The van der Waals surface area contributed by atoms with Gasteiger partial charge in [-0.2, -0.15) is 13.2 Å². The summed E-state index contributed by atoms with van der Waals surface area (Å²) in [5, 5.41) is 9.30. The first kappa shape index (κ1) is 19.9. The molecule has 136 valence electrons. The van der Waals surface area contributed by atoms with Crippen LogP contribution in [0.1, 0.15) is 16.4 Å². The van der Waals surface area contributed by atoms with E-state index in [0.29, 0.717) is 17.5 Å². The number of hydrogen-bond acceptors (Lipinski definition) is 5. The Morgan fingerprint density at radius 2 is 2.00 bits per heavy atom. The molecule has 0 saturated carbocycles. The van der Waals surface area contributed by atoms with E-state index in [4.69, 9.17) is 0 Å². The van der Waals surface area contributed by atoms with Crippen LogP contribution in [-0.2, 0) is 19.3 Å². The first-order valence-corrected chi connectivity index (χ1v) is 8.59. The smallest absolute Gasteiger partial charge is 0.351 e. The van der Waals surface area contributed by atoms with Gasteiger partial charge in [0.15, 0.2) is 16.6 Å². The molecular weight excluding hydrogens is 488 g/mol. The van der Waals surface area contributed by atoms with E-state index >= 15 is 0 Å². The fourth-order valence-corrected chi connectivity index (χ4v) is 3.40. The Bertz CT molecular complexity index is 825. The van der Waals surface area contributed by atoms with Crippen LogP contribution in [0, 0.1) is 0 Å². The van der Waals surface area contributed by atoms with E-state index in [2.05, 4.69) is 25.6 Å². The van der Waals surface area contributed by atoms with Crippen molar-refractivity contribution in [1.29, 1.82) is 0 Å². The summed E-state index contributed by atoms with van der Waals surface area (Å²) in [4.78, 5) is 12.9. The molecule has 0 aliphatic carbocycles. The van der Waals surface area contributed by atoms with Gasteiger partial charge in [-0.3, -0.25) is 9.39 Å². The Balaban J connectivity index is 0.00000225. The summed E-state index contributed by atoms with van der Waals surface area (Å²) in [6.45, 7) is 0.623. The molecule has 0 fully saturated rings. The summed E-state index contributed by atoms with van der Waals surface area (Å²) < 4.78 is 39.5. The lowest BCUT2D eigenvalue weighted by molar-refractivity contribution is -0.140. The Kier molecular flexibility index (Phi) is 6.62. The topological polar surface area (TPSA) is 66.6 Å². The number of imidazole rings is 1. The fraction of sp³-hybridized carbons (Fsp3) is 0.308. The Morgan fingerprint density at radius 3 is 2.64 bits per heavy atom. The normalized spacial score (nSPS) is 12.2. The molecule has 0 atom stereocenters. The van der Waals surface area contributed by atoms with E-state index in [1.807, 2.05) is 22.2 Å². The molecule has 0 unspecified atom stereocenters. The Hall–Kier alpha value is -1.41. The van der Waals surface area contributed by atoms with Gasteiger partial charge in [0.25, 0.3) is 0 Å². The van der Waals surface area contributed by atoms with Gasteiger partial charge in [0.05, 0.1) is 18.8 Å². The first-order valence-electron chi connectivity index (χ1n) is 6.83. The molecule has 0 amide bonds. The van der Waals surface area contributed by atoms with Crippen molar-refractivity contribution < 1.29 is 13.2 Å². The number of halogens is 4. The minimum atomic E-state index is -4.41. The molecule has 0 aliphatic rings. The maximum Gasteiger partial charge on any atom is 0.434 e. The van der Waals surface area contributed by atoms with E-state index in [0.717, 1.165) is 27.4 Å². The number of alkyl halides is 3. The van der Waals surface area contributed by atoms with E-state index in [9.17, 15) is 13.2 Å². The van der Waals surface area contributed by atoms with Crippen molar-refractivity contribution in [3.63, 3.8) is 0 Å². The van der Waals surface area contributed by atoms with Gasteiger partial charge in [0, 0.05) is 30.2 Å². The number of guanidine groups is 1. The number of nitrogens with one attached hydrogen (secondary N) is 2. The van der Waals surface area contributed by atoms with Crippen LogP contribution in [0.5, 0.6) is 0 Å². The summed E-state index contributed by atoms with van der Waals surface area (Å²) >= 11 is 2.50. The summed E-state index contributed by atoms with van der Waals surface area (Å²) in [5.74, 6) is 0.468. The van der Waals surface area contributed by atoms with E-state index < -0.39 is 11.9 Å². The molecule has 0 saturated heterocycles. The minimum absolute atomic E-state index is 0. The van der Waals surface area contributed by atoms with Crippen molar-refractivity contribution in [2.75, 3.05) is 7.05 Å². The predicted molar refractivity (Wildman–Crippen MR) is 103 cm³/mol. The molecule has 12 heteroatoms. The molecular formula is C13H14F3IN6S2. The van der Waals surface area contributed by atoms with Crippen LogP contribution in [0.15, 0.2) is 28.1 Å². The highest BCUT2D eigenvalue weighted by atomic mass is 127. The van der Waals surface area contributed by atoms with Gasteiger partial charge in [0.2, 0.25) is 0 Å². The third kappa shape index (κ3) is 5.04. The number of aliphatic imine (C=N–C) groups is 1. The molecule has 3 heterocycles. The lowest BCUT2D eigenvalue weighted by Crippen LogP contribution is -2.36. The predicted octanol–water partition coefficient (Wildman–Crippen LogP) is 3.35. The minimum Gasteiger partial charge on any atom is -0.351 e. The number of fused-ring (bicyclic) bond motifs is 1. The second-order valence-corrected chi connectivity index (χ2v) is 6.54. The molecule has 3 aromatic rings. The largest absolute Gasteiger partial charge is 0.434 e. The second-order valence-electron chi connectivity index (χ2n) is 4.73. The molecule has 6 nitrogen and oxygen atoms in total. The number of thiazole rings is 2. The molecule has 2 N–H and O–H groups in total. The molecule has 0 spiro atoms. The zero-order valence-electron chi connectivity index (χ0n) is 12.9. The second kappa shape index (κ2) is 8.31. The monoisotopic (exact) mass is 502 g/mol.